The number of hydrogen-bond donors (Lipinski definition) is 2. The monoisotopic (exact) mass is 198 g/mol. The Bertz CT molecular complexity index is 232. The van der Waals surface area contributed by atoms with Crippen LogP contribution in [0.5, 0.6) is 0 Å². The van der Waals surface area contributed by atoms with E-state index in [-0.39, 0.29) is 18.1 Å². The minimum atomic E-state index is -0.207. The zero-order valence-electron chi connectivity index (χ0n) is 8.41. The van der Waals surface area contributed by atoms with Crippen LogP contribution in [0.3, 0.4) is 0 Å². The lowest BCUT2D eigenvalue weighted by molar-refractivity contribution is -0.140. The van der Waals surface area contributed by atoms with Crippen LogP contribution in [-0.4, -0.2) is 41.1 Å². The van der Waals surface area contributed by atoms with Gasteiger partial charge in [0.2, 0.25) is 5.91 Å². The van der Waals surface area contributed by atoms with Crippen molar-refractivity contribution in [3.63, 3.8) is 0 Å². The quantitative estimate of drug-likeness (QED) is 0.655. The first-order chi connectivity index (χ1) is 6.63. The number of aliphatic hydroxyl groups excluding tert-OH is 1. The average molecular weight is 198 g/mol. The molecule has 1 aliphatic heterocycles. The summed E-state index contributed by atoms with van der Waals surface area (Å²) in [6.07, 6.45) is 3.61. The molecule has 4 nitrogen and oxygen atoms in total. The highest BCUT2D eigenvalue weighted by atomic mass is 16.3. The molecule has 4 heteroatoms. The third kappa shape index (κ3) is 1.77. The smallest absolute Gasteiger partial charge is 0.224 e. The van der Waals surface area contributed by atoms with Crippen LogP contribution in [0, 0.1) is 5.92 Å². The van der Waals surface area contributed by atoms with Gasteiger partial charge in [-0.25, -0.2) is 0 Å². The molecule has 1 amide bonds. The Morgan fingerprint density at radius 2 is 2.14 bits per heavy atom. The molecule has 3 N–H and O–H groups in total. The van der Waals surface area contributed by atoms with E-state index in [0.29, 0.717) is 25.4 Å². The Hall–Kier alpha value is -0.610. The number of likely N-dealkylation sites (tertiary alicyclic amines) is 1. The number of carbonyl (C=O) groups excluding carboxylic acids is 1. The predicted octanol–water partition coefficient (Wildman–Crippen LogP) is -0.291. The summed E-state index contributed by atoms with van der Waals surface area (Å²) in [6.45, 7) is 1.62. The maximum Gasteiger partial charge on any atom is 0.224 e. The number of nitrogens with two attached hydrogens (primary N) is 1. The Morgan fingerprint density at radius 1 is 1.50 bits per heavy atom. The zero-order valence-corrected chi connectivity index (χ0v) is 8.41. The number of rotatable bonds is 3. The van der Waals surface area contributed by atoms with Crippen molar-refractivity contribution in [1.82, 2.24) is 4.90 Å². The molecule has 0 spiro atoms. The zero-order chi connectivity index (χ0) is 10.2. The number of nitrogens with zero attached hydrogens (tertiary/aromatic N) is 1. The second kappa shape index (κ2) is 3.51. The predicted molar refractivity (Wildman–Crippen MR) is 52.5 cm³/mol. The minimum Gasteiger partial charge on any atom is -0.396 e. The van der Waals surface area contributed by atoms with Gasteiger partial charge < -0.3 is 15.7 Å². The lowest BCUT2D eigenvalue weighted by Gasteiger charge is -2.43. The summed E-state index contributed by atoms with van der Waals surface area (Å²) in [4.78, 5) is 13.5. The maximum absolute atomic E-state index is 11.7. The third-order valence-electron chi connectivity index (χ3n) is 3.42. The number of aliphatic hydroxyl groups is 1. The van der Waals surface area contributed by atoms with Gasteiger partial charge in [-0.05, 0) is 19.3 Å². The van der Waals surface area contributed by atoms with Crippen molar-refractivity contribution < 1.29 is 9.90 Å². The highest BCUT2D eigenvalue weighted by Crippen LogP contribution is 2.33. The molecule has 14 heavy (non-hydrogen) atoms. The average Bonchev–Trinajstić information content (AvgIpc) is 1.99. The summed E-state index contributed by atoms with van der Waals surface area (Å²) in [5.74, 6) is 0.464. The van der Waals surface area contributed by atoms with Crippen LogP contribution in [0.2, 0.25) is 0 Å². The Morgan fingerprint density at radius 3 is 2.57 bits per heavy atom. The maximum atomic E-state index is 11.7. The standard InChI is InChI=1S/C10H18N2O2/c11-10(2-1-3-10)4-9(14)12-5-8(6-12)7-13/h8,13H,1-7,11H2. The van der Waals surface area contributed by atoms with Crippen molar-refractivity contribution in [2.45, 2.75) is 31.2 Å². The van der Waals surface area contributed by atoms with E-state index < -0.39 is 0 Å². The van der Waals surface area contributed by atoms with Crippen molar-refractivity contribution >= 4 is 5.91 Å². The van der Waals surface area contributed by atoms with E-state index in [1.165, 1.54) is 0 Å². The van der Waals surface area contributed by atoms with Gasteiger partial charge in [0.1, 0.15) is 0 Å². The van der Waals surface area contributed by atoms with Crippen molar-refractivity contribution in [2.75, 3.05) is 19.7 Å². The third-order valence-corrected chi connectivity index (χ3v) is 3.42. The van der Waals surface area contributed by atoms with E-state index in [2.05, 4.69) is 0 Å². The van der Waals surface area contributed by atoms with Crippen molar-refractivity contribution in [3.8, 4) is 0 Å². The highest BCUT2D eigenvalue weighted by Gasteiger charge is 2.38. The van der Waals surface area contributed by atoms with E-state index >= 15 is 0 Å². The second-order valence-electron chi connectivity index (χ2n) is 4.74. The van der Waals surface area contributed by atoms with Crippen LogP contribution >= 0.6 is 0 Å². The van der Waals surface area contributed by atoms with Gasteiger partial charge in [-0.3, -0.25) is 4.79 Å². The Kier molecular flexibility index (Phi) is 2.49. The second-order valence-corrected chi connectivity index (χ2v) is 4.74. The van der Waals surface area contributed by atoms with Gasteiger partial charge in [0.15, 0.2) is 0 Å². The van der Waals surface area contributed by atoms with E-state index in [1.807, 2.05) is 0 Å². The molecule has 80 valence electrons. The lowest BCUT2D eigenvalue weighted by Crippen LogP contribution is -2.56. The molecule has 0 aromatic rings. The Labute approximate surface area is 84.1 Å². The van der Waals surface area contributed by atoms with Crippen molar-refractivity contribution in [1.29, 1.82) is 0 Å². The molecule has 2 rings (SSSR count). The first-order valence-corrected chi connectivity index (χ1v) is 5.30. The molecule has 0 atom stereocenters. The van der Waals surface area contributed by atoms with Crippen LogP contribution in [-0.2, 0) is 4.79 Å². The molecule has 2 aliphatic rings. The van der Waals surface area contributed by atoms with Gasteiger partial charge in [0.25, 0.3) is 0 Å². The lowest BCUT2D eigenvalue weighted by atomic mass is 9.75. The topological polar surface area (TPSA) is 66.6 Å². The summed E-state index contributed by atoms with van der Waals surface area (Å²) in [5, 5.41) is 8.81. The molecular weight excluding hydrogens is 180 g/mol. The molecule has 0 bridgehead atoms. The largest absolute Gasteiger partial charge is 0.396 e. The van der Waals surface area contributed by atoms with Gasteiger partial charge in [-0.15, -0.1) is 0 Å². The van der Waals surface area contributed by atoms with Crippen LogP contribution in [0.15, 0.2) is 0 Å². The SMILES string of the molecule is NC1(CC(=O)N2CC(CO)C2)CCC1. The summed E-state index contributed by atoms with van der Waals surface area (Å²) < 4.78 is 0. The molecule has 0 radical (unpaired) electrons. The van der Waals surface area contributed by atoms with Crippen LogP contribution in [0.4, 0.5) is 0 Å². The molecule has 1 saturated heterocycles. The first-order valence-electron chi connectivity index (χ1n) is 5.30. The molecule has 1 saturated carbocycles. The van der Waals surface area contributed by atoms with Crippen LogP contribution in [0.25, 0.3) is 0 Å². The summed E-state index contributed by atoms with van der Waals surface area (Å²) >= 11 is 0. The van der Waals surface area contributed by atoms with Gasteiger partial charge in [0, 0.05) is 37.6 Å². The van der Waals surface area contributed by atoms with Crippen LogP contribution < -0.4 is 5.73 Å². The highest BCUT2D eigenvalue weighted by molar-refractivity contribution is 5.78. The van der Waals surface area contributed by atoms with Crippen molar-refractivity contribution in [2.24, 2.45) is 11.7 Å². The molecule has 1 aliphatic carbocycles. The molecule has 0 unspecified atom stereocenters. The van der Waals surface area contributed by atoms with Gasteiger partial charge in [-0.1, -0.05) is 0 Å². The molecule has 1 heterocycles. The number of amides is 1. The van der Waals surface area contributed by atoms with E-state index in [0.717, 1.165) is 19.3 Å². The minimum absolute atomic E-state index is 0.164. The molecule has 0 aromatic carbocycles. The van der Waals surface area contributed by atoms with Crippen molar-refractivity contribution in [3.05, 3.63) is 0 Å². The van der Waals surface area contributed by atoms with Gasteiger partial charge in [-0.2, -0.15) is 0 Å². The fourth-order valence-corrected chi connectivity index (χ4v) is 2.11. The van der Waals surface area contributed by atoms with Gasteiger partial charge >= 0.3 is 0 Å². The fraction of sp³-hybridized carbons (Fsp3) is 0.900. The molecule has 2 fully saturated rings. The fourth-order valence-electron chi connectivity index (χ4n) is 2.11. The number of hydrogen-bond acceptors (Lipinski definition) is 3. The van der Waals surface area contributed by atoms with E-state index in [4.69, 9.17) is 10.8 Å². The molecular formula is C10H18N2O2. The van der Waals surface area contributed by atoms with E-state index in [1.54, 1.807) is 4.90 Å². The van der Waals surface area contributed by atoms with Crippen LogP contribution in [0.1, 0.15) is 25.7 Å². The first kappa shape index (κ1) is 9.93. The normalized spacial score (nSPS) is 25.4. The Balaban J connectivity index is 1.74. The summed E-state index contributed by atoms with van der Waals surface area (Å²) in [6, 6.07) is 0. The molecule has 0 aromatic heterocycles. The van der Waals surface area contributed by atoms with E-state index in [9.17, 15) is 4.79 Å². The summed E-state index contributed by atoms with van der Waals surface area (Å²) in [7, 11) is 0. The number of carbonyl (C=O) groups is 1. The van der Waals surface area contributed by atoms with Gasteiger partial charge in [0.05, 0.1) is 0 Å². The summed E-state index contributed by atoms with van der Waals surface area (Å²) in [5.41, 5.74) is 5.78.